The molecule has 2 aromatic carbocycles. The van der Waals surface area contributed by atoms with Gasteiger partial charge in [0.15, 0.2) is 0 Å². The molecule has 0 radical (unpaired) electrons. The van der Waals surface area contributed by atoms with Crippen molar-refractivity contribution in [1.82, 2.24) is 4.72 Å². The van der Waals surface area contributed by atoms with Gasteiger partial charge in [0.2, 0.25) is 10.0 Å². The molecule has 24 heavy (non-hydrogen) atoms. The van der Waals surface area contributed by atoms with Gasteiger partial charge in [0.05, 0.1) is 36.1 Å². The number of nitrogens with zero attached hydrogens (tertiary/aromatic N) is 1. The summed E-state index contributed by atoms with van der Waals surface area (Å²) in [4.78, 5) is 11.6. The maximum absolute atomic E-state index is 12.6. The Balaban J connectivity index is 2.34. The fourth-order valence-corrected chi connectivity index (χ4v) is 3.42. The molecule has 0 bridgehead atoms. The number of methoxy groups -OCH3 is 1. The van der Waals surface area contributed by atoms with Crippen LogP contribution in [-0.4, -0.2) is 21.5 Å². The second kappa shape index (κ2) is 7.73. The summed E-state index contributed by atoms with van der Waals surface area (Å²) in [6.07, 6.45) is -0.141. The molecule has 1 atom stereocenters. The molecule has 2 rings (SSSR count). The lowest BCUT2D eigenvalue weighted by Crippen LogP contribution is -2.30. The first-order valence-electron chi connectivity index (χ1n) is 7.10. The molecule has 0 amide bonds. The fraction of sp³-hybridized carbons (Fsp3) is 0.176. The van der Waals surface area contributed by atoms with Gasteiger partial charge in [0, 0.05) is 0 Å². The van der Waals surface area contributed by atoms with Crippen LogP contribution in [-0.2, 0) is 19.6 Å². The van der Waals surface area contributed by atoms with Gasteiger partial charge in [-0.2, -0.15) is 5.26 Å². The van der Waals surface area contributed by atoms with Crippen molar-refractivity contribution in [3.63, 3.8) is 0 Å². The molecule has 1 unspecified atom stereocenters. The zero-order valence-corrected chi connectivity index (χ0v) is 13.8. The molecule has 0 aromatic heterocycles. The summed E-state index contributed by atoms with van der Waals surface area (Å²) in [5.41, 5.74) is 0.880. The van der Waals surface area contributed by atoms with Gasteiger partial charge >= 0.3 is 5.97 Å². The van der Waals surface area contributed by atoms with E-state index in [4.69, 9.17) is 5.26 Å². The van der Waals surface area contributed by atoms with E-state index in [1.165, 1.54) is 31.4 Å². The predicted molar refractivity (Wildman–Crippen MR) is 87.3 cm³/mol. The molecule has 0 saturated heterocycles. The Morgan fingerprint density at radius 3 is 2.54 bits per heavy atom. The maximum atomic E-state index is 12.6. The highest BCUT2D eigenvalue weighted by Gasteiger charge is 2.24. The number of hydrogen-bond acceptors (Lipinski definition) is 5. The molecule has 0 aliphatic carbocycles. The van der Waals surface area contributed by atoms with E-state index in [2.05, 4.69) is 9.46 Å². The van der Waals surface area contributed by atoms with Crippen molar-refractivity contribution in [2.75, 3.05) is 7.11 Å². The van der Waals surface area contributed by atoms with Gasteiger partial charge in [0.1, 0.15) is 0 Å². The molecule has 1 N–H and O–H groups in total. The minimum atomic E-state index is -3.90. The third-order valence-corrected chi connectivity index (χ3v) is 4.84. The van der Waals surface area contributed by atoms with Crippen molar-refractivity contribution >= 4 is 16.0 Å². The van der Waals surface area contributed by atoms with E-state index >= 15 is 0 Å². The van der Waals surface area contributed by atoms with Crippen LogP contribution in [0.2, 0.25) is 0 Å². The predicted octanol–water partition coefficient (Wildman–Crippen LogP) is 2.14. The first-order chi connectivity index (χ1) is 11.5. The van der Waals surface area contributed by atoms with Gasteiger partial charge in [0.25, 0.3) is 0 Å². The van der Waals surface area contributed by atoms with Crippen LogP contribution in [0, 0.1) is 11.3 Å². The Morgan fingerprint density at radius 1 is 1.21 bits per heavy atom. The van der Waals surface area contributed by atoms with Gasteiger partial charge in [-0.3, -0.25) is 4.79 Å². The zero-order chi connectivity index (χ0) is 17.6. The number of carbonyl (C=O) groups excluding carboxylic acids is 1. The van der Waals surface area contributed by atoms with Crippen molar-refractivity contribution < 1.29 is 17.9 Å². The normalized spacial score (nSPS) is 12.2. The molecule has 2 aromatic rings. The van der Waals surface area contributed by atoms with E-state index in [1.54, 1.807) is 30.3 Å². The third-order valence-electron chi connectivity index (χ3n) is 3.37. The summed E-state index contributed by atoms with van der Waals surface area (Å²) in [6.45, 7) is 0. The fourth-order valence-electron chi connectivity index (χ4n) is 2.15. The molecular formula is C17H16N2O4S. The van der Waals surface area contributed by atoms with Crippen LogP contribution in [0.5, 0.6) is 0 Å². The zero-order valence-electron chi connectivity index (χ0n) is 13.0. The Bertz CT molecular complexity index is 858. The largest absolute Gasteiger partial charge is 0.469 e. The van der Waals surface area contributed by atoms with Gasteiger partial charge in [-0.15, -0.1) is 0 Å². The minimum Gasteiger partial charge on any atom is -0.469 e. The molecule has 0 heterocycles. The van der Waals surface area contributed by atoms with E-state index in [0.717, 1.165) is 0 Å². The van der Waals surface area contributed by atoms with Gasteiger partial charge in [-0.25, -0.2) is 13.1 Å². The van der Waals surface area contributed by atoms with Crippen molar-refractivity contribution in [2.45, 2.75) is 17.4 Å². The SMILES string of the molecule is COC(=O)CC(NS(=O)(=O)c1cccc(C#N)c1)c1ccccc1. The van der Waals surface area contributed by atoms with Crippen LogP contribution in [0.4, 0.5) is 0 Å². The molecule has 124 valence electrons. The molecule has 0 aliphatic rings. The third kappa shape index (κ3) is 4.41. The molecular weight excluding hydrogens is 328 g/mol. The monoisotopic (exact) mass is 344 g/mol. The molecule has 0 aliphatic heterocycles. The second-order valence-electron chi connectivity index (χ2n) is 5.00. The number of sulfonamides is 1. The Labute approximate surface area is 140 Å². The number of carbonyl (C=O) groups is 1. The highest BCUT2D eigenvalue weighted by molar-refractivity contribution is 7.89. The maximum Gasteiger partial charge on any atom is 0.307 e. The van der Waals surface area contributed by atoms with Crippen molar-refractivity contribution in [2.24, 2.45) is 0 Å². The molecule has 7 heteroatoms. The van der Waals surface area contributed by atoms with Crippen LogP contribution < -0.4 is 4.72 Å². The van der Waals surface area contributed by atoms with Crippen LogP contribution in [0.1, 0.15) is 23.6 Å². The first kappa shape index (κ1) is 17.7. The molecule has 0 saturated carbocycles. The van der Waals surface area contributed by atoms with E-state index in [-0.39, 0.29) is 16.9 Å². The summed E-state index contributed by atoms with van der Waals surface area (Å²) < 4.78 is 32.3. The van der Waals surface area contributed by atoms with Gasteiger partial charge in [-0.1, -0.05) is 36.4 Å². The average molecular weight is 344 g/mol. The van der Waals surface area contributed by atoms with Crippen molar-refractivity contribution in [3.8, 4) is 6.07 Å². The van der Waals surface area contributed by atoms with Crippen LogP contribution >= 0.6 is 0 Å². The lowest BCUT2D eigenvalue weighted by Gasteiger charge is -2.18. The summed E-state index contributed by atoms with van der Waals surface area (Å²) in [5.74, 6) is -0.530. The summed E-state index contributed by atoms with van der Waals surface area (Å²) >= 11 is 0. The number of benzene rings is 2. The Kier molecular flexibility index (Phi) is 5.68. The van der Waals surface area contributed by atoms with Crippen LogP contribution in [0.3, 0.4) is 0 Å². The van der Waals surface area contributed by atoms with Gasteiger partial charge < -0.3 is 4.74 Å². The quantitative estimate of drug-likeness (QED) is 0.810. The van der Waals surface area contributed by atoms with Crippen molar-refractivity contribution in [3.05, 3.63) is 65.7 Å². The minimum absolute atomic E-state index is 0.0349. The van der Waals surface area contributed by atoms with Crippen LogP contribution in [0.25, 0.3) is 0 Å². The number of hydrogen-bond donors (Lipinski definition) is 1. The standard InChI is InChI=1S/C17H16N2O4S/c1-23-17(20)11-16(14-7-3-2-4-8-14)19-24(21,22)15-9-5-6-13(10-15)12-18/h2-10,16,19H,11H2,1H3. The Hall–Kier alpha value is -2.69. The lowest BCUT2D eigenvalue weighted by atomic mass is 10.1. The molecule has 0 fully saturated rings. The van der Waals surface area contributed by atoms with Gasteiger partial charge in [-0.05, 0) is 23.8 Å². The number of ether oxygens (including phenoxy) is 1. The second-order valence-corrected chi connectivity index (χ2v) is 6.72. The van der Waals surface area contributed by atoms with E-state index in [1.807, 2.05) is 6.07 Å². The average Bonchev–Trinajstić information content (AvgIpc) is 2.61. The van der Waals surface area contributed by atoms with Crippen molar-refractivity contribution in [1.29, 1.82) is 5.26 Å². The first-order valence-corrected chi connectivity index (χ1v) is 8.59. The number of rotatable bonds is 6. The topological polar surface area (TPSA) is 96.3 Å². The Morgan fingerprint density at radius 2 is 1.92 bits per heavy atom. The van der Waals surface area contributed by atoms with E-state index < -0.39 is 22.0 Å². The van der Waals surface area contributed by atoms with Crippen LogP contribution in [0.15, 0.2) is 59.5 Å². The number of nitriles is 1. The lowest BCUT2D eigenvalue weighted by molar-refractivity contribution is -0.141. The summed E-state index contributed by atoms with van der Waals surface area (Å²) in [6, 6.07) is 15.6. The summed E-state index contributed by atoms with van der Waals surface area (Å²) in [7, 11) is -2.66. The number of nitrogens with one attached hydrogen (secondary N) is 1. The highest BCUT2D eigenvalue weighted by atomic mass is 32.2. The molecule has 0 spiro atoms. The highest BCUT2D eigenvalue weighted by Crippen LogP contribution is 2.21. The van der Waals surface area contributed by atoms with E-state index in [9.17, 15) is 13.2 Å². The smallest absolute Gasteiger partial charge is 0.307 e. The molecule has 6 nitrogen and oxygen atoms in total. The summed E-state index contributed by atoms with van der Waals surface area (Å²) in [5, 5.41) is 8.91. The number of esters is 1. The van der Waals surface area contributed by atoms with E-state index in [0.29, 0.717) is 5.56 Å².